The van der Waals surface area contributed by atoms with Crippen molar-refractivity contribution in [3.8, 4) is 39.8 Å². The maximum atomic E-state index is 14.0. The first-order chi connectivity index (χ1) is 15.5. The number of hydrogen-bond donors (Lipinski definition) is 1. The van der Waals surface area contributed by atoms with Crippen molar-refractivity contribution in [1.82, 2.24) is 10.1 Å². The number of aromatic nitrogens is 2. The first kappa shape index (κ1) is 21.3. The average molecular weight is 455 g/mol. The van der Waals surface area contributed by atoms with Gasteiger partial charge in [0.2, 0.25) is 0 Å². The Hall–Kier alpha value is -3.92. The molecule has 8 nitrogen and oxygen atoms in total. The third-order valence-corrected chi connectivity index (χ3v) is 5.34. The zero-order valence-electron chi connectivity index (χ0n) is 17.3. The van der Waals surface area contributed by atoms with Gasteiger partial charge in [-0.25, -0.2) is 9.37 Å². The monoisotopic (exact) mass is 455 g/mol. The molecular formula is C22H18FN3O5S. The van der Waals surface area contributed by atoms with Crippen LogP contribution in [0.4, 0.5) is 9.52 Å². The van der Waals surface area contributed by atoms with Crippen LogP contribution in [0, 0.1) is 5.82 Å². The normalized spacial score (nSPS) is 10.6. The van der Waals surface area contributed by atoms with Crippen molar-refractivity contribution in [2.45, 2.75) is 0 Å². The summed E-state index contributed by atoms with van der Waals surface area (Å²) in [4.78, 5) is 17.0. The molecule has 32 heavy (non-hydrogen) atoms. The Bertz CT molecular complexity index is 1270. The fraction of sp³-hybridized carbons (Fsp3) is 0.136. The van der Waals surface area contributed by atoms with E-state index in [1.165, 1.54) is 43.8 Å². The van der Waals surface area contributed by atoms with Gasteiger partial charge in [0.1, 0.15) is 11.5 Å². The molecule has 0 saturated heterocycles. The second-order valence-electron chi connectivity index (χ2n) is 6.48. The number of carbonyl (C=O) groups is 1. The Morgan fingerprint density at radius 2 is 1.81 bits per heavy atom. The van der Waals surface area contributed by atoms with Crippen molar-refractivity contribution < 1.29 is 27.9 Å². The highest BCUT2D eigenvalue weighted by atomic mass is 32.1. The molecule has 2 aromatic heterocycles. The summed E-state index contributed by atoms with van der Waals surface area (Å²) in [6, 6.07) is 11.2. The summed E-state index contributed by atoms with van der Waals surface area (Å²) in [6.07, 6.45) is 0. The molecule has 0 atom stereocenters. The van der Waals surface area contributed by atoms with E-state index >= 15 is 0 Å². The van der Waals surface area contributed by atoms with E-state index in [0.29, 0.717) is 39.2 Å². The van der Waals surface area contributed by atoms with Crippen LogP contribution in [0.1, 0.15) is 10.5 Å². The Kier molecular flexibility index (Phi) is 6.04. The summed E-state index contributed by atoms with van der Waals surface area (Å²) in [5.74, 6) is 0.653. The summed E-state index contributed by atoms with van der Waals surface area (Å²) in [6.45, 7) is 0. The SMILES string of the molecule is COc1ccc(OC)c(-c2cc(C(=O)Nc3nc(-c4ccc(OC)c(F)c4)cs3)no2)c1. The van der Waals surface area contributed by atoms with Crippen molar-refractivity contribution in [3.05, 3.63) is 59.4 Å². The first-order valence-electron chi connectivity index (χ1n) is 9.32. The fourth-order valence-corrected chi connectivity index (χ4v) is 3.68. The zero-order valence-corrected chi connectivity index (χ0v) is 18.2. The van der Waals surface area contributed by atoms with Gasteiger partial charge in [-0.15, -0.1) is 11.3 Å². The molecule has 10 heteroatoms. The number of anilines is 1. The molecule has 0 fully saturated rings. The summed E-state index contributed by atoms with van der Waals surface area (Å²) in [5, 5.41) is 8.57. The summed E-state index contributed by atoms with van der Waals surface area (Å²) < 4.78 is 34.8. The third-order valence-electron chi connectivity index (χ3n) is 4.59. The molecular weight excluding hydrogens is 437 g/mol. The van der Waals surface area contributed by atoms with Gasteiger partial charge in [-0.2, -0.15) is 0 Å². The second-order valence-corrected chi connectivity index (χ2v) is 7.34. The lowest BCUT2D eigenvalue weighted by molar-refractivity contribution is 0.101. The molecule has 0 unspecified atom stereocenters. The smallest absolute Gasteiger partial charge is 0.279 e. The van der Waals surface area contributed by atoms with Crippen LogP contribution < -0.4 is 19.5 Å². The highest BCUT2D eigenvalue weighted by Gasteiger charge is 2.18. The zero-order chi connectivity index (χ0) is 22.7. The molecule has 0 radical (unpaired) electrons. The predicted molar refractivity (Wildman–Crippen MR) is 117 cm³/mol. The molecule has 1 N–H and O–H groups in total. The van der Waals surface area contributed by atoms with E-state index in [1.807, 2.05) is 0 Å². The van der Waals surface area contributed by atoms with Crippen LogP contribution in [0.5, 0.6) is 17.2 Å². The molecule has 2 heterocycles. The van der Waals surface area contributed by atoms with E-state index in [0.717, 1.165) is 0 Å². The fourth-order valence-electron chi connectivity index (χ4n) is 2.97. The van der Waals surface area contributed by atoms with Crippen molar-refractivity contribution in [2.24, 2.45) is 0 Å². The number of thiazole rings is 1. The van der Waals surface area contributed by atoms with Gasteiger partial charge >= 0.3 is 0 Å². The number of ether oxygens (including phenoxy) is 3. The van der Waals surface area contributed by atoms with E-state index in [2.05, 4.69) is 15.5 Å². The molecule has 0 spiro atoms. The molecule has 4 rings (SSSR count). The van der Waals surface area contributed by atoms with Crippen LogP contribution in [-0.2, 0) is 0 Å². The number of halogens is 1. The van der Waals surface area contributed by atoms with Crippen LogP contribution in [-0.4, -0.2) is 37.4 Å². The van der Waals surface area contributed by atoms with Crippen LogP contribution in [0.3, 0.4) is 0 Å². The number of hydrogen-bond acceptors (Lipinski definition) is 8. The molecule has 0 aliphatic carbocycles. The molecule has 4 aromatic rings. The number of carbonyl (C=O) groups excluding carboxylic acids is 1. The molecule has 0 aliphatic rings. The maximum absolute atomic E-state index is 14.0. The lowest BCUT2D eigenvalue weighted by atomic mass is 10.1. The van der Waals surface area contributed by atoms with Crippen LogP contribution in [0.2, 0.25) is 0 Å². The molecule has 1 amide bonds. The van der Waals surface area contributed by atoms with E-state index < -0.39 is 11.7 Å². The van der Waals surface area contributed by atoms with Gasteiger partial charge < -0.3 is 18.7 Å². The van der Waals surface area contributed by atoms with E-state index in [4.69, 9.17) is 18.7 Å². The standard InChI is InChI=1S/C22H18FN3O5S/c1-28-13-5-7-18(29-2)14(9-13)20-10-16(26-31-20)21(27)25-22-24-17(11-32-22)12-4-6-19(30-3)15(23)8-12/h4-11H,1-3H3,(H,24,25,27). The van der Waals surface area contributed by atoms with Crippen molar-refractivity contribution in [2.75, 3.05) is 26.6 Å². The van der Waals surface area contributed by atoms with Gasteiger partial charge in [0.25, 0.3) is 5.91 Å². The minimum Gasteiger partial charge on any atom is -0.497 e. The summed E-state index contributed by atoms with van der Waals surface area (Å²) in [5.41, 5.74) is 1.75. The number of amides is 1. The molecule has 2 aromatic carbocycles. The van der Waals surface area contributed by atoms with Gasteiger partial charge in [-0.05, 0) is 36.4 Å². The maximum Gasteiger partial charge on any atom is 0.279 e. The summed E-state index contributed by atoms with van der Waals surface area (Å²) in [7, 11) is 4.48. The number of rotatable bonds is 7. The second kappa shape index (κ2) is 9.06. The Labute approximate surface area is 186 Å². The quantitative estimate of drug-likeness (QED) is 0.424. The van der Waals surface area contributed by atoms with Gasteiger partial charge in [0.05, 0.1) is 32.6 Å². The predicted octanol–water partition coefficient (Wildman–Crippen LogP) is 4.88. The number of nitrogens with zero attached hydrogens (tertiary/aromatic N) is 2. The number of benzene rings is 2. The lowest BCUT2D eigenvalue weighted by Crippen LogP contribution is -2.11. The van der Waals surface area contributed by atoms with Crippen molar-refractivity contribution >= 4 is 22.4 Å². The molecule has 0 saturated carbocycles. The lowest BCUT2D eigenvalue weighted by Gasteiger charge is -2.07. The van der Waals surface area contributed by atoms with Crippen LogP contribution in [0.15, 0.2) is 52.4 Å². The largest absolute Gasteiger partial charge is 0.497 e. The number of nitrogens with one attached hydrogen (secondary N) is 1. The van der Waals surface area contributed by atoms with Gasteiger partial charge in [0.15, 0.2) is 28.2 Å². The molecule has 0 aliphatic heterocycles. The van der Waals surface area contributed by atoms with Crippen LogP contribution >= 0.6 is 11.3 Å². The molecule has 164 valence electrons. The molecule has 0 bridgehead atoms. The average Bonchev–Trinajstić information content (AvgIpc) is 3.48. The van der Waals surface area contributed by atoms with Crippen LogP contribution in [0.25, 0.3) is 22.6 Å². The third kappa shape index (κ3) is 4.26. The van der Waals surface area contributed by atoms with E-state index in [9.17, 15) is 9.18 Å². The summed E-state index contributed by atoms with van der Waals surface area (Å²) >= 11 is 1.21. The van der Waals surface area contributed by atoms with Crippen molar-refractivity contribution in [3.63, 3.8) is 0 Å². The van der Waals surface area contributed by atoms with Gasteiger partial charge in [0, 0.05) is 17.0 Å². The van der Waals surface area contributed by atoms with Gasteiger partial charge in [-0.1, -0.05) is 5.16 Å². The minimum absolute atomic E-state index is 0.0668. The van der Waals surface area contributed by atoms with Crippen molar-refractivity contribution in [1.29, 1.82) is 0 Å². The Morgan fingerprint density at radius 1 is 1.03 bits per heavy atom. The van der Waals surface area contributed by atoms with E-state index in [-0.39, 0.29) is 11.4 Å². The Balaban J connectivity index is 1.52. The minimum atomic E-state index is -0.497. The first-order valence-corrected chi connectivity index (χ1v) is 10.2. The Morgan fingerprint density at radius 3 is 2.53 bits per heavy atom. The topological polar surface area (TPSA) is 95.7 Å². The number of methoxy groups -OCH3 is 3. The highest BCUT2D eigenvalue weighted by molar-refractivity contribution is 7.14. The van der Waals surface area contributed by atoms with Gasteiger partial charge in [-0.3, -0.25) is 10.1 Å². The van der Waals surface area contributed by atoms with E-state index in [1.54, 1.807) is 36.8 Å². The highest BCUT2D eigenvalue weighted by Crippen LogP contribution is 2.34.